The molecule has 19 heavy (non-hydrogen) atoms. The molecular formula is C12H23ClN4O2. The number of halogens is 1. The Morgan fingerprint density at radius 1 is 1.58 bits per heavy atom. The second-order valence-corrected chi connectivity index (χ2v) is 4.79. The normalized spacial score (nSPS) is 21.9. The summed E-state index contributed by atoms with van der Waals surface area (Å²) >= 11 is 0. The van der Waals surface area contributed by atoms with Gasteiger partial charge in [0.2, 0.25) is 5.89 Å². The van der Waals surface area contributed by atoms with Crippen molar-refractivity contribution in [1.29, 1.82) is 0 Å². The fourth-order valence-corrected chi connectivity index (χ4v) is 2.23. The molecule has 2 atom stereocenters. The second-order valence-electron chi connectivity index (χ2n) is 4.79. The largest absolute Gasteiger partial charge is 0.374 e. The number of nitrogens with zero attached hydrogens (tertiary/aromatic N) is 3. The molecule has 2 rings (SSSR count). The van der Waals surface area contributed by atoms with Crippen molar-refractivity contribution in [2.24, 2.45) is 0 Å². The van der Waals surface area contributed by atoms with E-state index in [1.165, 1.54) is 12.8 Å². The first-order valence-electron chi connectivity index (χ1n) is 6.47. The van der Waals surface area contributed by atoms with Crippen LogP contribution in [0.15, 0.2) is 4.52 Å². The number of piperidine rings is 1. The first-order valence-corrected chi connectivity index (χ1v) is 6.47. The zero-order chi connectivity index (χ0) is 13.0. The van der Waals surface area contributed by atoms with Crippen LogP contribution in [0.2, 0.25) is 0 Å². The Labute approximate surface area is 120 Å². The van der Waals surface area contributed by atoms with Gasteiger partial charge in [0.25, 0.3) is 0 Å². The lowest BCUT2D eigenvalue weighted by atomic mass is 10.1. The second kappa shape index (κ2) is 7.79. The molecule has 2 unspecified atom stereocenters. The van der Waals surface area contributed by atoms with Crippen LogP contribution in [-0.2, 0) is 11.3 Å². The van der Waals surface area contributed by atoms with E-state index < -0.39 is 0 Å². The molecule has 1 aromatic rings. The lowest BCUT2D eigenvalue weighted by Crippen LogP contribution is -2.43. The van der Waals surface area contributed by atoms with E-state index in [1.54, 1.807) is 7.11 Å². The van der Waals surface area contributed by atoms with Crippen LogP contribution < -0.4 is 5.32 Å². The Morgan fingerprint density at radius 3 is 3.05 bits per heavy atom. The first kappa shape index (κ1) is 16.4. The van der Waals surface area contributed by atoms with Crippen LogP contribution in [0.3, 0.4) is 0 Å². The van der Waals surface area contributed by atoms with E-state index in [0.29, 0.717) is 17.8 Å². The zero-order valence-electron chi connectivity index (χ0n) is 11.8. The smallest absolute Gasteiger partial charge is 0.240 e. The minimum atomic E-state index is -0.117. The van der Waals surface area contributed by atoms with Crippen molar-refractivity contribution in [2.45, 2.75) is 38.5 Å². The molecule has 110 valence electrons. The summed E-state index contributed by atoms with van der Waals surface area (Å²) < 4.78 is 10.4. The number of nitrogens with one attached hydrogen (secondary N) is 1. The maximum Gasteiger partial charge on any atom is 0.240 e. The Hall–Kier alpha value is -0.690. The third-order valence-corrected chi connectivity index (χ3v) is 3.47. The summed E-state index contributed by atoms with van der Waals surface area (Å²) in [7, 11) is 3.65. The van der Waals surface area contributed by atoms with Crippen molar-refractivity contribution in [3.8, 4) is 0 Å². The molecule has 0 radical (unpaired) electrons. The topological polar surface area (TPSA) is 63.4 Å². The number of hydrogen-bond donors (Lipinski definition) is 1. The zero-order valence-corrected chi connectivity index (χ0v) is 12.6. The van der Waals surface area contributed by atoms with Crippen molar-refractivity contribution < 1.29 is 9.26 Å². The van der Waals surface area contributed by atoms with E-state index in [-0.39, 0.29) is 18.5 Å². The van der Waals surface area contributed by atoms with E-state index in [2.05, 4.69) is 20.4 Å². The SMILES string of the molecule is CNC1CCCN(Cc2nc(C(C)OC)no2)C1.Cl. The molecule has 6 nitrogen and oxygen atoms in total. The highest BCUT2D eigenvalue weighted by molar-refractivity contribution is 5.85. The van der Waals surface area contributed by atoms with Gasteiger partial charge in [-0.25, -0.2) is 0 Å². The summed E-state index contributed by atoms with van der Waals surface area (Å²) in [6.07, 6.45) is 2.33. The fraction of sp³-hybridized carbons (Fsp3) is 0.833. The summed E-state index contributed by atoms with van der Waals surface area (Å²) in [5.74, 6) is 1.29. The number of likely N-dealkylation sites (N-methyl/N-ethyl adjacent to an activating group) is 1. The molecule has 2 heterocycles. The van der Waals surface area contributed by atoms with E-state index in [4.69, 9.17) is 9.26 Å². The van der Waals surface area contributed by atoms with Crippen molar-refractivity contribution in [3.63, 3.8) is 0 Å². The van der Waals surface area contributed by atoms with E-state index >= 15 is 0 Å². The average molecular weight is 291 g/mol. The van der Waals surface area contributed by atoms with E-state index in [1.807, 2.05) is 14.0 Å². The highest BCUT2D eigenvalue weighted by Gasteiger charge is 2.21. The molecule has 1 aliphatic rings. The third-order valence-electron chi connectivity index (χ3n) is 3.47. The molecule has 0 spiro atoms. The van der Waals surface area contributed by atoms with Crippen LogP contribution in [0.25, 0.3) is 0 Å². The van der Waals surface area contributed by atoms with Gasteiger partial charge in [-0.1, -0.05) is 5.16 Å². The highest BCUT2D eigenvalue weighted by atomic mass is 35.5. The molecule has 0 amide bonds. The van der Waals surface area contributed by atoms with Gasteiger partial charge in [0, 0.05) is 19.7 Å². The van der Waals surface area contributed by atoms with Crippen LogP contribution in [0, 0.1) is 0 Å². The maximum absolute atomic E-state index is 5.26. The maximum atomic E-state index is 5.26. The van der Waals surface area contributed by atoms with Crippen molar-refractivity contribution in [1.82, 2.24) is 20.4 Å². The number of methoxy groups -OCH3 is 1. The van der Waals surface area contributed by atoms with Crippen LogP contribution in [0.4, 0.5) is 0 Å². The van der Waals surface area contributed by atoms with Crippen molar-refractivity contribution in [3.05, 3.63) is 11.7 Å². The number of rotatable bonds is 5. The molecule has 1 fully saturated rings. The van der Waals surface area contributed by atoms with Gasteiger partial charge in [-0.3, -0.25) is 4.90 Å². The molecule has 1 aliphatic heterocycles. The predicted molar refractivity (Wildman–Crippen MR) is 74.3 cm³/mol. The van der Waals surface area contributed by atoms with Gasteiger partial charge in [-0.05, 0) is 33.4 Å². The number of likely N-dealkylation sites (tertiary alicyclic amines) is 1. The van der Waals surface area contributed by atoms with Gasteiger partial charge >= 0.3 is 0 Å². The van der Waals surface area contributed by atoms with Gasteiger partial charge < -0.3 is 14.6 Å². The van der Waals surface area contributed by atoms with Crippen LogP contribution in [0.1, 0.15) is 37.6 Å². The molecule has 1 N–H and O–H groups in total. The summed E-state index contributed by atoms with van der Waals surface area (Å²) in [5.41, 5.74) is 0. The van der Waals surface area contributed by atoms with Gasteiger partial charge in [-0.2, -0.15) is 4.98 Å². The molecule has 0 aromatic carbocycles. The third kappa shape index (κ3) is 4.42. The number of hydrogen-bond acceptors (Lipinski definition) is 6. The predicted octanol–water partition coefficient (Wildman–Crippen LogP) is 1.38. The van der Waals surface area contributed by atoms with Gasteiger partial charge in [-0.15, -0.1) is 12.4 Å². The Morgan fingerprint density at radius 2 is 2.37 bits per heavy atom. The molecule has 0 saturated carbocycles. The van der Waals surface area contributed by atoms with Crippen LogP contribution in [0.5, 0.6) is 0 Å². The standard InChI is InChI=1S/C12H22N4O2.ClH/c1-9(17-3)12-14-11(18-15-12)8-16-6-4-5-10(7-16)13-2;/h9-10,13H,4-8H2,1-3H3;1H. The summed E-state index contributed by atoms with van der Waals surface area (Å²) in [6, 6.07) is 0.569. The lowest BCUT2D eigenvalue weighted by Gasteiger charge is -2.31. The average Bonchev–Trinajstić information content (AvgIpc) is 2.86. The van der Waals surface area contributed by atoms with E-state index in [0.717, 1.165) is 19.6 Å². The van der Waals surface area contributed by atoms with Gasteiger partial charge in [0.1, 0.15) is 6.10 Å². The summed E-state index contributed by atoms with van der Waals surface area (Å²) in [5, 5.41) is 7.26. The Balaban J connectivity index is 0.00000180. The van der Waals surface area contributed by atoms with E-state index in [9.17, 15) is 0 Å². The van der Waals surface area contributed by atoms with Crippen molar-refractivity contribution in [2.75, 3.05) is 27.2 Å². The fourth-order valence-electron chi connectivity index (χ4n) is 2.23. The minimum Gasteiger partial charge on any atom is -0.374 e. The highest BCUT2D eigenvalue weighted by Crippen LogP contribution is 2.15. The molecular weight excluding hydrogens is 268 g/mol. The van der Waals surface area contributed by atoms with Crippen LogP contribution in [-0.4, -0.2) is 48.3 Å². The number of ether oxygens (including phenoxy) is 1. The Kier molecular flexibility index (Phi) is 6.71. The lowest BCUT2D eigenvalue weighted by molar-refractivity contribution is 0.109. The summed E-state index contributed by atoms with van der Waals surface area (Å²) in [6.45, 7) is 4.76. The molecule has 0 aliphatic carbocycles. The summed E-state index contributed by atoms with van der Waals surface area (Å²) in [4.78, 5) is 6.71. The molecule has 0 bridgehead atoms. The number of aromatic nitrogens is 2. The van der Waals surface area contributed by atoms with Crippen LogP contribution >= 0.6 is 12.4 Å². The monoisotopic (exact) mass is 290 g/mol. The first-order chi connectivity index (χ1) is 8.72. The molecule has 1 saturated heterocycles. The molecule has 7 heteroatoms. The minimum absolute atomic E-state index is 0. The van der Waals surface area contributed by atoms with Gasteiger partial charge in [0.05, 0.1) is 6.54 Å². The quantitative estimate of drug-likeness (QED) is 0.884. The van der Waals surface area contributed by atoms with Gasteiger partial charge in [0.15, 0.2) is 5.82 Å². The Bertz CT molecular complexity index is 374. The van der Waals surface area contributed by atoms with Crippen molar-refractivity contribution >= 4 is 12.4 Å². The molecule has 1 aromatic heterocycles.